The number of hydrogen-bond acceptors (Lipinski definition) is 4. The van der Waals surface area contributed by atoms with E-state index in [1.807, 2.05) is 61.5 Å². The fourth-order valence-electron chi connectivity index (χ4n) is 2.88. The lowest BCUT2D eigenvalue weighted by Gasteiger charge is -2.06. The Labute approximate surface area is 170 Å². The van der Waals surface area contributed by atoms with Gasteiger partial charge in [-0.15, -0.1) is 0 Å². The zero-order valence-corrected chi connectivity index (χ0v) is 16.7. The summed E-state index contributed by atoms with van der Waals surface area (Å²) in [6.45, 7) is 2.06. The molecule has 2 aromatic heterocycles. The zero-order chi connectivity index (χ0) is 19.5. The van der Waals surface area contributed by atoms with Crippen molar-refractivity contribution in [3.63, 3.8) is 0 Å². The molecule has 140 valence electrons. The predicted molar refractivity (Wildman–Crippen MR) is 109 cm³/mol. The third kappa shape index (κ3) is 3.75. The van der Waals surface area contributed by atoms with E-state index in [1.165, 1.54) is 0 Å². The molecule has 0 atom stereocenters. The Morgan fingerprint density at radius 3 is 2.75 bits per heavy atom. The molecule has 0 aliphatic carbocycles. The third-order valence-electron chi connectivity index (χ3n) is 4.32. The number of halogens is 1. The van der Waals surface area contributed by atoms with E-state index in [0.717, 1.165) is 21.4 Å². The van der Waals surface area contributed by atoms with Gasteiger partial charge in [-0.1, -0.05) is 52.3 Å². The first-order valence-electron chi connectivity index (χ1n) is 8.71. The number of oxazole rings is 1. The fraction of sp³-hybridized carbons (Fsp3) is 0.0952. The van der Waals surface area contributed by atoms with Gasteiger partial charge < -0.3 is 9.73 Å². The number of benzene rings is 2. The number of rotatable bonds is 5. The first kappa shape index (κ1) is 18.2. The van der Waals surface area contributed by atoms with E-state index in [0.29, 0.717) is 17.2 Å². The molecule has 0 saturated heterocycles. The van der Waals surface area contributed by atoms with Crippen molar-refractivity contribution < 1.29 is 9.21 Å². The molecule has 1 N–H and O–H groups in total. The molecule has 2 heterocycles. The van der Waals surface area contributed by atoms with Gasteiger partial charge in [0.25, 0.3) is 5.91 Å². The zero-order valence-electron chi connectivity index (χ0n) is 15.1. The van der Waals surface area contributed by atoms with Gasteiger partial charge in [-0.25, -0.2) is 9.67 Å². The van der Waals surface area contributed by atoms with E-state index in [-0.39, 0.29) is 12.5 Å². The van der Waals surface area contributed by atoms with Gasteiger partial charge in [0.2, 0.25) is 5.89 Å². The number of nitrogens with one attached hydrogen (secondary N) is 1. The van der Waals surface area contributed by atoms with Crippen molar-refractivity contribution in [1.29, 1.82) is 0 Å². The standard InChI is InChI=1S/C21H17BrN4O2/c1-14-18(11-25-26(14)17-9-5-8-16(22)10-17)21(27)24-13-20-23-12-19(28-20)15-6-3-2-4-7-15/h2-12H,13H2,1H3,(H,24,27). The summed E-state index contributed by atoms with van der Waals surface area (Å²) in [7, 11) is 0. The minimum absolute atomic E-state index is 0.202. The summed E-state index contributed by atoms with van der Waals surface area (Å²) in [5.41, 5.74) is 3.09. The lowest BCUT2D eigenvalue weighted by atomic mass is 10.2. The fourth-order valence-corrected chi connectivity index (χ4v) is 3.27. The van der Waals surface area contributed by atoms with Crippen molar-refractivity contribution in [2.75, 3.05) is 0 Å². The molecular weight excluding hydrogens is 420 g/mol. The number of carbonyl (C=O) groups is 1. The molecule has 0 aliphatic rings. The first-order chi connectivity index (χ1) is 13.6. The maximum absolute atomic E-state index is 12.6. The van der Waals surface area contributed by atoms with Gasteiger partial charge in [0.15, 0.2) is 5.76 Å². The minimum Gasteiger partial charge on any atom is -0.439 e. The van der Waals surface area contributed by atoms with Crippen molar-refractivity contribution in [2.24, 2.45) is 0 Å². The van der Waals surface area contributed by atoms with Crippen LogP contribution in [-0.2, 0) is 6.54 Å². The van der Waals surface area contributed by atoms with Gasteiger partial charge in [0.1, 0.15) is 0 Å². The normalized spacial score (nSPS) is 10.8. The molecule has 0 aliphatic heterocycles. The molecule has 0 radical (unpaired) electrons. The largest absolute Gasteiger partial charge is 0.439 e. The van der Waals surface area contributed by atoms with Gasteiger partial charge in [-0.05, 0) is 25.1 Å². The molecule has 6 nitrogen and oxygen atoms in total. The molecule has 7 heteroatoms. The van der Waals surface area contributed by atoms with Crippen LogP contribution < -0.4 is 5.32 Å². The van der Waals surface area contributed by atoms with Crippen LogP contribution in [0.5, 0.6) is 0 Å². The van der Waals surface area contributed by atoms with E-state index in [9.17, 15) is 4.79 Å². The highest BCUT2D eigenvalue weighted by molar-refractivity contribution is 9.10. The van der Waals surface area contributed by atoms with Crippen LogP contribution in [0.3, 0.4) is 0 Å². The van der Waals surface area contributed by atoms with Crippen molar-refractivity contribution in [3.05, 3.63) is 88.6 Å². The van der Waals surface area contributed by atoms with Crippen LogP contribution in [-0.4, -0.2) is 20.7 Å². The van der Waals surface area contributed by atoms with Gasteiger partial charge in [0.05, 0.1) is 35.9 Å². The minimum atomic E-state index is -0.224. The number of amides is 1. The Kier molecular flexibility index (Phi) is 5.08. The molecule has 1 amide bonds. The maximum Gasteiger partial charge on any atom is 0.255 e. The molecule has 4 rings (SSSR count). The maximum atomic E-state index is 12.6. The summed E-state index contributed by atoms with van der Waals surface area (Å²) in [6.07, 6.45) is 3.23. The van der Waals surface area contributed by atoms with Crippen LogP contribution in [0.1, 0.15) is 21.9 Å². The van der Waals surface area contributed by atoms with E-state index in [2.05, 4.69) is 31.3 Å². The SMILES string of the molecule is Cc1c(C(=O)NCc2ncc(-c3ccccc3)o2)cnn1-c1cccc(Br)c1. The highest BCUT2D eigenvalue weighted by Crippen LogP contribution is 2.20. The lowest BCUT2D eigenvalue weighted by molar-refractivity contribution is 0.0946. The Hall–Kier alpha value is -3.19. The monoisotopic (exact) mass is 436 g/mol. The van der Waals surface area contributed by atoms with Crippen molar-refractivity contribution in [2.45, 2.75) is 13.5 Å². The van der Waals surface area contributed by atoms with Crippen LogP contribution in [0.25, 0.3) is 17.0 Å². The summed E-state index contributed by atoms with van der Waals surface area (Å²) >= 11 is 3.45. The van der Waals surface area contributed by atoms with Gasteiger partial charge in [-0.2, -0.15) is 5.10 Å². The van der Waals surface area contributed by atoms with Crippen LogP contribution in [0, 0.1) is 6.92 Å². The summed E-state index contributed by atoms with van der Waals surface area (Å²) in [4.78, 5) is 16.8. The highest BCUT2D eigenvalue weighted by atomic mass is 79.9. The average molecular weight is 437 g/mol. The van der Waals surface area contributed by atoms with Crippen molar-refractivity contribution in [1.82, 2.24) is 20.1 Å². The van der Waals surface area contributed by atoms with Crippen LogP contribution in [0.4, 0.5) is 0 Å². The quantitative estimate of drug-likeness (QED) is 0.498. The summed E-state index contributed by atoms with van der Waals surface area (Å²) in [6, 6.07) is 17.5. The number of carbonyl (C=O) groups excluding carboxylic acids is 1. The average Bonchev–Trinajstić information content (AvgIpc) is 3.34. The Morgan fingerprint density at radius 1 is 1.14 bits per heavy atom. The van der Waals surface area contributed by atoms with Gasteiger partial charge in [0, 0.05) is 10.0 Å². The van der Waals surface area contributed by atoms with Crippen molar-refractivity contribution >= 4 is 21.8 Å². The predicted octanol–water partition coefficient (Wildman–Crippen LogP) is 4.53. The van der Waals surface area contributed by atoms with Crippen LogP contribution in [0.2, 0.25) is 0 Å². The second-order valence-electron chi connectivity index (χ2n) is 6.20. The lowest BCUT2D eigenvalue weighted by Crippen LogP contribution is -2.23. The Bertz CT molecular complexity index is 1120. The highest BCUT2D eigenvalue weighted by Gasteiger charge is 2.16. The summed E-state index contributed by atoms with van der Waals surface area (Å²) in [5.74, 6) is 0.894. The van der Waals surface area contributed by atoms with Crippen molar-refractivity contribution in [3.8, 4) is 17.0 Å². The van der Waals surface area contributed by atoms with E-state index < -0.39 is 0 Å². The van der Waals surface area contributed by atoms with E-state index >= 15 is 0 Å². The summed E-state index contributed by atoms with van der Waals surface area (Å²) < 4.78 is 8.40. The van der Waals surface area contributed by atoms with Crippen LogP contribution in [0.15, 0.2) is 75.9 Å². The number of nitrogens with zero attached hydrogens (tertiary/aromatic N) is 3. The second-order valence-corrected chi connectivity index (χ2v) is 7.12. The van der Waals surface area contributed by atoms with Gasteiger partial charge >= 0.3 is 0 Å². The molecule has 4 aromatic rings. The van der Waals surface area contributed by atoms with Gasteiger partial charge in [-0.3, -0.25) is 4.79 Å². The molecular formula is C21H17BrN4O2. The first-order valence-corrected chi connectivity index (χ1v) is 9.50. The van der Waals surface area contributed by atoms with E-state index in [4.69, 9.17) is 4.42 Å². The molecule has 2 aromatic carbocycles. The third-order valence-corrected chi connectivity index (χ3v) is 4.81. The number of hydrogen-bond donors (Lipinski definition) is 1. The molecule has 28 heavy (non-hydrogen) atoms. The molecule has 0 bridgehead atoms. The molecule has 0 fully saturated rings. The Morgan fingerprint density at radius 2 is 1.96 bits per heavy atom. The van der Waals surface area contributed by atoms with E-state index in [1.54, 1.807) is 17.1 Å². The second kappa shape index (κ2) is 7.82. The molecule has 0 spiro atoms. The van der Waals surface area contributed by atoms with Crippen LogP contribution >= 0.6 is 15.9 Å². The summed E-state index contributed by atoms with van der Waals surface area (Å²) in [5, 5.41) is 7.18. The number of aromatic nitrogens is 3. The smallest absolute Gasteiger partial charge is 0.255 e. The molecule has 0 unspecified atom stereocenters. The topological polar surface area (TPSA) is 73.0 Å². The Balaban J connectivity index is 1.46. The molecule has 0 saturated carbocycles.